The quantitative estimate of drug-likeness (QED) is 0.597. The number of halogens is 1. The molecule has 33 heavy (non-hydrogen) atoms. The maximum atomic E-state index is 13.9. The Hall–Kier alpha value is -4.33. The lowest BCUT2D eigenvalue weighted by Gasteiger charge is -2.19. The van der Waals surface area contributed by atoms with E-state index < -0.39 is 17.6 Å². The third-order valence-corrected chi connectivity index (χ3v) is 5.34. The summed E-state index contributed by atoms with van der Waals surface area (Å²) in [6.45, 7) is 0.870. The number of benzene rings is 3. The molecule has 0 saturated heterocycles. The van der Waals surface area contributed by atoms with Gasteiger partial charge in [-0.2, -0.15) is 0 Å². The van der Waals surface area contributed by atoms with Gasteiger partial charge in [-0.3, -0.25) is 9.59 Å². The molecule has 0 bridgehead atoms. The Morgan fingerprint density at radius 2 is 1.70 bits per heavy atom. The van der Waals surface area contributed by atoms with E-state index in [1.807, 2.05) is 0 Å². The van der Waals surface area contributed by atoms with Crippen LogP contribution in [0, 0.1) is 5.82 Å². The molecule has 0 atom stereocenters. The van der Waals surface area contributed by atoms with Crippen molar-refractivity contribution >= 4 is 28.8 Å². The van der Waals surface area contributed by atoms with Gasteiger partial charge in [0.15, 0.2) is 11.5 Å². The summed E-state index contributed by atoms with van der Waals surface area (Å²) >= 11 is 0. The molecular formula is C25H19FN2O5. The summed E-state index contributed by atoms with van der Waals surface area (Å²) in [6, 6.07) is 17.4. The number of nitrogens with zero attached hydrogens (tertiary/aromatic N) is 1. The van der Waals surface area contributed by atoms with Crippen LogP contribution >= 0.6 is 0 Å². The first-order chi connectivity index (χ1) is 16.1. The van der Waals surface area contributed by atoms with Gasteiger partial charge in [0.2, 0.25) is 0 Å². The van der Waals surface area contributed by atoms with Crippen LogP contribution in [0.15, 0.2) is 72.4 Å². The van der Waals surface area contributed by atoms with Gasteiger partial charge in [-0.25, -0.2) is 9.29 Å². The molecule has 2 amide bonds. The number of hydrogen-bond acceptors (Lipinski definition) is 6. The molecule has 2 aliphatic rings. The van der Waals surface area contributed by atoms with Gasteiger partial charge in [0.1, 0.15) is 30.5 Å². The third kappa shape index (κ3) is 3.65. The summed E-state index contributed by atoms with van der Waals surface area (Å²) in [6.07, 6.45) is 0. The van der Waals surface area contributed by atoms with Crippen molar-refractivity contribution in [3.05, 3.63) is 83.8 Å². The largest absolute Gasteiger partial charge is 0.496 e. The number of para-hydroxylation sites is 1. The molecule has 0 radical (unpaired) electrons. The van der Waals surface area contributed by atoms with Gasteiger partial charge < -0.3 is 19.5 Å². The van der Waals surface area contributed by atoms with Gasteiger partial charge >= 0.3 is 0 Å². The van der Waals surface area contributed by atoms with Crippen molar-refractivity contribution in [3.63, 3.8) is 0 Å². The first kappa shape index (κ1) is 20.6. The molecule has 8 heteroatoms. The average Bonchev–Trinajstić information content (AvgIpc) is 3.08. The molecule has 0 fully saturated rings. The molecule has 2 aliphatic heterocycles. The Kier molecular flexibility index (Phi) is 5.18. The molecular weight excluding hydrogens is 427 g/mol. The number of imide groups is 1. The number of hydrogen-bond donors (Lipinski definition) is 1. The standard InChI is InChI=1S/C25H19FN2O5/c1-31-19-8-3-2-7-18(19)22-23(27-16-9-10-20-21(14-16)33-12-11-32-20)25(30)28(24(22)29)17-6-4-5-15(26)13-17/h2-10,13-14,27H,11-12H2,1H3. The van der Waals surface area contributed by atoms with Crippen molar-refractivity contribution in [3.8, 4) is 17.2 Å². The van der Waals surface area contributed by atoms with E-state index in [1.54, 1.807) is 42.5 Å². The zero-order chi connectivity index (χ0) is 22.9. The molecule has 5 rings (SSSR count). The molecule has 0 unspecified atom stereocenters. The summed E-state index contributed by atoms with van der Waals surface area (Å²) < 4.78 is 30.5. The van der Waals surface area contributed by atoms with Gasteiger partial charge in [-0.05, 0) is 36.4 Å². The fraction of sp³-hybridized carbons (Fsp3) is 0.120. The SMILES string of the molecule is COc1ccccc1C1=C(Nc2ccc3c(c2)OCCO3)C(=O)N(c2cccc(F)c2)C1=O. The normalized spacial score (nSPS) is 15.2. The molecule has 3 aromatic carbocycles. The predicted molar refractivity (Wildman–Crippen MR) is 120 cm³/mol. The van der Waals surface area contributed by atoms with Crippen molar-refractivity contribution in [2.45, 2.75) is 0 Å². The smallest absolute Gasteiger partial charge is 0.282 e. The molecule has 1 N–H and O–H groups in total. The Morgan fingerprint density at radius 3 is 2.48 bits per heavy atom. The van der Waals surface area contributed by atoms with Crippen LogP contribution in [0.5, 0.6) is 17.2 Å². The molecule has 7 nitrogen and oxygen atoms in total. The highest BCUT2D eigenvalue weighted by Gasteiger charge is 2.41. The Labute approximate surface area is 189 Å². The summed E-state index contributed by atoms with van der Waals surface area (Å²) in [5.74, 6) is -0.196. The van der Waals surface area contributed by atoms with Crippen LogP contribution in [0.2, 0.25) is 0 Å². The van der Waals surface area contributed by atoms with E-state index >= 15 is 0 Å². The molecule has 0 saturated carbocycles. The van der Waals surface area contributed by atoms with Crippen LogP contribution in [0.4, 0.5) is 15.8 Å². The second-order valence-corrected chi connectivity index (χ2v) is 7.36. The topological polar surface area (TPSA) is 77.1 Å². The summed E-state index contributed by atoms with van der Waals surface area (Å²) in [7, 11) is 1.49. The molecule has 0 spiro atoms. The second kappa shape index (κ2) is 8.31. The molecule has 166 valence electrons. The van der Waals surface area contributed by atoms with Crippen LogP contribution in [0.1, 0.15) is 5.56 Å². The van der Waals surface area contributed by atoms with E-state index in [-0.39, 0.29) is 17.0 Å². The monoisotopic (exact) mass is 446 g/mol. The zero-order valence-corrected chi connectivity index (χ0v) is 17.6. The number of carbonyl (C=O) groups excluding carboxylic acids is 2. The van der Waals surface area contributed by atoms with E-state index in [9.17, 15) is 14.0 Å². The van der Waals surface area contributed by atoms with Gasteiger partial charge in [-0.15, -0.1) is 0 Å². The summed E-state index contributed by atoms with van der Waals surface area (Å²) in [5.41, 5.74) is 1.28. The molecule has 2 heterocycles. The highest BCUT2D eigenvalue weighted by molar-refractivity contribution is 6.46. The third-order valence-electron chi connectivity index (χ3n) is 5.34. The van der Waals surface area contributed by atoms with Crippen molar-refractivity contribution in [2.75, 3.05) is 30.5 Å². The maximum Gasteiger partial charge on any atom is 0.282 e. The highest BCUT2D eigenvalue weighted by atomic mass is 19.1. The lowest BCUT2D eigenvalue weighted by molar-refractivity contribution is -0.120. The first-order valence-electron chi connectivity index (χ1n) is 10.3. The van der Waals surface area contributed by atoms with Gasteiger partial charge in [-0.1, -0.05) is 24.3 Å². The van der Waals surface area contributed by atoms with Crippen molar-refractivity contribution < 1.29 is 28.2 Å². The van der Waals surface area contributed by atoms with E-state index in [1.165, 1.54) is 25.3 Å². The predicted octanol–water partition coefficient (Wildman–Crippen LogP) is 4.00. The average molecular weight is 446 g/mol. The van der Waals surface area contributed by atoms with Gasteiger partial charge in [0, 0.05) is 17.3 Å². The number of carbonyl (C=O) groups is 2. The number of methoxy groups -OCH3 is 1. The van der Waals surface area contributed by atoms with Crippen LogP contribution in [0.25, 0.3) is 5.57 Å². The number of anilines is 2. The number of fused-ring (bicyclic) bond motifs is 1. The zero-order valence-electron chi connectivity index (χ0n) is 17.6. The molecule has 3 aromatic rings. The second-order valence-electron chi connectivity index (χ2n) is 7.36. The Bertz CT molecular complexity index is 1300. The molecule has 0 aromatic heterocycles. The van der Waals surface area contributed by atoms with Gasteiger partial charge in [0.05, 0.1) is 18.4 Å². The van der Waals surface area contributed by atoms with Gasteiger partial charge in [0.25, 0.3) is 11.8 Å². The minimum absolute atomic E-state index is 0.0467. The van der Waals surface area contributed by atoms with E-state index in [0.29, 0.717) is 41.7 Å². The maximum absolute atomic E-state index is 13.9. The molecule has 0 aliphatic carbocycles. The number of nitrogens with one attached hydrogen (secondary N) is 1. The minimum atomic E-state index is -0.610. The van der Waals surface area contributed by atoms with E-state index in [2.05, 4.69) is 5.32 Å². The van der Waals surface area contributed by atoms with Crippen molar-refractivity contribution in [1.29, 1.82) is 0 Å². The summed E-state index contributed by atoms with van der Waals surface area (Å²) in [5, 5.41) is 3.07. The first-order valence-corrected chi connectivity index (χ1v) is 10.3. The van der Waals surface area contributed by atoms with E-state index in [0.717, 1.165) is 11.0 Å². The van der Waals surface area contributed by atoms with E-state index in [4.69, 9.17) is 14.2 Å². The van der Waals surface area contributed by atoms with Crippen LogP contribution in [0.3, 0.4) is 0 Å². The van der Waals surface area contributed by atoms with Crippen LogP contribution in [-0.4, -0.2) is 32.1 Å². The van der Waals surface area contributed by atoms with Crippen molar-refractivity contribution in [1.82, 2.24) is 0 Å². The number of rotatable bonds is 5. The number of amides is 2. The minimum Gasteiger partial charge on any atom is -0.496 e. The van der Waals surface area contributed by atoms with Crippen LogP contribution in [-0.2, 0) is 9.59 Å². The van der Waals surface area contributed by atoms with Crippen LogP contribution < -0.4 is 24.4 Å². The Morgan fingerprint density at radius 1 is 0.909 bits per heavy atom. The fourth-order valence-corrected chi connectivity index (χ4v) is 3.86. The summed E-state index contributed by atoms with van der Waals surface area (Å²) in [4.78, 5) is 27.9. The number of ether oxygens (including phenoxy) is 3. The highest BCUT2D eigenvalue weighted by Crippen LogP contribution is 2.39. The fourth-order valence-electron chi connectivity index (χ4n) is 3.86. The Balaban J connectivity index is 1.62. The lowest BCUT2D eigenvalue weighted by Crippen LogP contribution is -2.32. The lowest BCUT2D eigenvalue weighted by atomic mass is 10.0. The van der Waals surface area contributed by atoms with Crippen molar-refractivity contribution in [2.24, 2.45) is 0 Å².